The number of nitrogens with zero attached hydrogens (tertiary/aromatic N) is 2. The second kappa shape index (κ2) is 5.64. The first-order valence-electron chi connectivity index (χ1n) is 5.28. The maximum absolute atomic E-state index is 11.0. The summed E-state index contributed by atoms with van der Waals surface area (Å²) in [5, 5.41) is 3.37. The minimum Gasteiger partial charge on any atom is -0.369 e. The monoisotopic (exact) mass is 277 g/mol. The molecular weight excluding hydrogens is 262 g/mol. The lowest BCUT2D eigenvalue weighted by Gasteiger charge is -2.10. The average Bonchev–Trinajstić information content (AvgIpc) is 2.22. The van der Waals surface area contributed by atoms with Crippen LogP contribution in [0.2, 0.25) is 5.15 Å². The van der Waals surface area contributed by atoms with Gasteiger partial charge in [0.2, 0.25) is 0 Å². The maximum atomic E-state index is 11.0. The zero-order chi connectivity index (χ0) is 13.1. The van der Waals surface area contributed by atoms with E-state index in [0.29, 0.717) is 29.8 Å². The van der Waals surface area contributed by atoms with Crippen LogP contribution in [0.5, 0.6) is 0 Å². The first kappa shape index (κ1) is 14.2. The fraction of sp³-hybridized carbons (Fsp3) is 0.600. The minimum atomic E-state index is -2.97. The Bertz CT molecular complexity index is 503. The number of hydrogen-bond acceptors (Lipinski definition) is 5. The van der Waals surface area contributed by atoms with E-state index >= 15 is 0 Å². The zero-order valence-electron chi connectivity index (χ0n) is 10.1. The number of nitrogens with one attached hydrogen (secondary N) is 1. The van der Waals surface area contributed by atoms with Gasteiger partial charge in [-0.3, -0.25) is 0 Å². The van der Waals surface area contributed by atoms with E-state index in [1.807, 2.05) is 6.92 Å². The summed E-state index contributed by atoms with van der Waals surface area (Å²) in [6.45, 7) is 4.04. The van der Waals surface area contributed by atoms with Gasteiger partial charge >= 0.3 is 0 Å². The molecule has 1 aromatic rings. The second-order valence-corrected chi connectivity index (χ2v) is 6.43. The zero-order valence-corrected chi connectivity index (χ0v) is 11.7. The van der Waals surface area contributed by atoms with Gasteiger partial charge in [0.1, 0.15) is 26.6 Å². The van der Waals surface area contributed by atoms with Crippen molar-refractivity contribution in [1.29, 1.82) is 0 Å². The van der Waals surface area contributed by atoms with E-state index < -0.39 is 9.84 Å². The molecule has 0 fully saturated rings. The van der Waals surface area contributed by atoms with Crippen molar-refractivity contribution >= 4 is 27.3 Å². The van der Waals surface area contributed by atoms with Crippen molar-refractivity contribution in [1.82, 2.24) is 9.97 Å². The maximum Gasteiger partial charge on any atom is 0.149 e. The third-order valence-electron chi connectivity index (χ3n) is 2.21. The summed E-state index contributed by atoms with van der Waals surface area (Å²) in [5.41, 5.74) is 0.734. The van der Waals surface area contributed by atoms with Crippen LogP contribution in [0, 0.1) is 6.92 Å². The predicted octanol–water partition coefficient (Wildman–Crippen LogP) is 1.46. The van der Waals surface area contributed by atoms with Crippen molar-refractivity contribution in [3.63, 3.8) is 0 Å². The predicted molar refractivity (Wildman–Crippen MR) is 69.4 cm³/mol. The number of aromatic nitrogens is 2. The summed E-state index contributed by atoms with van der Waals surface area (Å²) in [7, 11) is -2.97. The molecule has 0 saturated carbocycles. The van der Waals surface area contributed by atoms with Gasteiger partial charge in [0.25, 0.3) is 0 Å². The molecule has 1 rings (SSSR count). The molecule has 0 amide bonds. The summed E-state index contributed by atoms with van der Waals surface area (Å²) >= 11 is 5.96. The first-order valence-corrected chi connectivity index (χ1v) is 7.72. The van der Waals surface area contributed by atoms with Crippen LogP contribution in [0.1, 0.15) is 18.3 Å². The molecule has 1 aromatic heterocycles. The number of sulfone groups is 1. The first-order chi connectivity index (χ1) is 7.83. The van der Waals surface area contributed by atoms with Gasteiger partial charge in [-0.25, -0.2) is 18.4 Å². The van der Waals surface area contributed by atoms with Crippen LogP contribution in [0.15, 0.2) is 0 Å². The molecule has 1 N–H and O–H groups in total. The molecule has 1 heterocycles. The Morgan fingerprint density at radius 3 is 2.53 bits per heavy atom. The van der Waals surface area contributed by atoms with Crippen molar-refractivity contribution in [2.75, 3.05) is 23.9 Å². The molecular formula is C10H16ClN3O2S. The van der Waals surface area contributed by atoms with Crippen LogP contribution in [0.4, 0.5) is 5.82 Å². The van der Waals surface area contributed by atoms with Gasteiger partial charge < -0.3 is 5.32 Å². The Balaban J connectivity index is 2.80. The number of aryl methyl sites for hydroxylation is 1. The molecule has 96 valence electrons. The Morgan fingerprint density at radius 1 is 1.35 bits per heavy atom. The highest BCUT2D eigenvalue weighted by atomic mass is 35.5. The van der Waals surface area contributed by atoms with Crippen molar-refractivity contribution in [3.05, 3.63) is 16.5 Å². The highest BCUT2D eigenvalue weighted by molar-refractivity contribution is 7.90. The fourth-order valence-electron chi connectivity index (χ4n) is 1.22. The summed E-state index contributed by atoms with van der Waals surface area (Å²) in [6, 6.07) is 0. The van der Waals surface area contributed by atoms with Crippen LogP contribution >= 0.6 is 11.6 Å². The van der Waals surface area contributed by atoms with Crippen LogP contribution in [0.25, 0.3) is 0 Å². The normalized spacial score (nSPS) is 11.5. The minimum absolute atomic E-state index is 0.0650. The van der Waals surface area contributed by atoms with Gasteiger partial charge in [-0.1, -0.05) is 18.5 Å². The highest BCUT2D eigenvalue weighted by Gasteiger charge is 2.09. The third kappa shape index (κ3) is 4.47. The topological polar surface area (TPSA) is 72.0 Å². The molecule has 7 heteroatoms. The molecule has 0 spiro atoms. The number of halogens is 1. The summed E-state index contributed by atoms with van der Waals surface area (Å²) in [6.07, 6.45) is 1.88. The van der Waals surface area contributed by atoms with Gasteiger partial charge in [0, 0.05) is 24.8 Å². The molecule has 0 aliphatic heterocycles. The SMILES string of the molecule is CCc1nc(Cl)c(C)c(NCCS(C)(=O)=O)n1. The average molecular weight is 278 g/mol. The summed E-state index contributed by atoms with van der Waals surface area (Å²) in [5.74, 6) is 1.31. The third-order valence-corrected chi connectivity index (χ3v) is 3.53. The molecule has 0 bridgehead atoms. The van der Waals surface area contributed by atoms with Crippen LogP contribution in [-0.2, 0) is 16.3 Å². The molecule has 0 aromatic carbocycles. The lowest BCUT2D eigenvalue weighted by Crippen LogP contribution is -2.16. The summed E-state index contributed by atoms with van der Waals surface area (Å²) < 4.78 is 22.0. The smallest absolute Gasteiger partial charge is 0.149 e. The molecule has 5 nitrogen and oxygen atoms in total. The van der Waals surface area contributed by atoms with E-state index in [4.69, 9.17) is 11.6 Å². The van der Waals surface area contributed by atoms with Crippen LogP contribution in [0.3, 0.4) is 0 Å². The van der Waals surface area contributed by atoms with Gasteiger partial charge in [-0.15, -0.1) is 0 Å². The van der Waals surface area contributed by atoms with Gasteiger partial charge in [0.15, 0.2) is 0 Å². The van der Waals surface area contributed by atoms with E-state index in [1.165, 1.54) is 6.26 Å². The number of anilines is 1. The van der Waals surface area contributed by atoms with Crippen molar-refractivity contribution in [3.8, 4) is 0 Å². The van der Waals surface area contributed by atoms with Gasteiger partial charge in [0.05, 0.1) is 5.75 Å². The van der Waals surface area contributed by atoms with Gasteiger partial charge in [-0.2, -0.15) is 0 Å². The highest BCUT2D eigenvalue weighted by Crippen LogP contribution is 2.19. The molecule has 0 aliphatic carbocycles. The van der Waals surface area contributed by atoms with Crippen molar-refractivity contribution in [2.24, 2.45) is 0 Å². The molecule has 0 atom stereocenters. The Kier molecular flexibility index (Phi) is 4.70. The van der Waals surface area contributed by atoms with Crippen LogP contribution < -0.4 is 5.32 Å². The number of hydrogen-bond donors (Lipinski definition) is 1. The van der Waals surface area contributed by atoms with Crippen molar-refractivity contribution in [2.45, 2.75) is 20.3 Å². The Morgan fingerprint density at radius 2 is 2.00 bits per heavy atom. The molecule has 0 aliphatic rings. The summed E-state index contributed by atoms with van der Waals surface area (Å²) in [4.78, 5) is 8.37. The Labute approximate surface area is 107 Å². The largest absolute Gasteiger partial charge is 0.369 e. The lowest BCUT2D eigenvalue weighted by molar-refractivity contribution is 0.602. The molecule has 0 saturated heterocycles. The quantitative estimate of drug-likeness (QED) is 0.825. The van der Waals surface area contributed by atoms with Crippen LogP contribution in [-0.4, -0.2) is 36.9 Å². The van der Waals surface area contributed by atoms with E-state index in [9.17, 15) is 8.42 Å². The second-order valence-electron chi connectivity index (χ2n) is 3.81. The standard InChI is InChI=1S/C10H16ClN3O2S/c1-4-8-13-9(11)7(2)10(14-8)12-5-6-17(3,15)16/h4-6H2,1-3H3,(H,12,13,14). The van der Waals surface area contributed by atoms with E-state index in [1.54, 1.807) is 6.92 Å². The van der Waals surface area contributed by atoms with Gasteiger partial charge in [-0.05, 0) is 6.92 Å². The Hall–Kier alpha value is -0.880. The lowest BCUT2D eigenvalue weighted by atomic mass is 10.3. The van der Waals surface area contributed by atoms with E-state index in [0.717, 1.165) is 5.56 Å². The van der Waals surface area contributed by atoms with E-state index in [2.05, 4.69) is 15.3 Å². The number of rotatable bonds is 5. The molecule has 0 radical (unpaired) electrons. The van der Waals surface area contributed by atoms with Crippen molar-refractivity contribution < 1.29 is 8.42 Å². The molecule has 17 heavy (non-hydrogen) atoms. The van der Waals surface area contributed by atoms with E-state index in [-0.39, 0.29) is 5.75 Å². The fourth-order valence-corrected chi connectivity index (χ4v) is 1.88. The molecule has 0 unspecified atom stereocenters.